The van der Waals surface area contributed by atoms with Crippen LogP contribution < -0.4 is 5.32 Å². The largest absolute Gasteiger partial charge is 0.317 e. The summed E-state index contributed by atoms with van der Waals surface area (Å²) in [4.78, 5) is 0. The van der Waals surface area contributed by atoms with Crippen molar-refractivity contribution in [1.82, 2.24) is 5.32 Å². The Balaban J connectivity index is 2.43. The van der Waals surface area contributed by atoms with Crippen molar-refractivity contribution in [1.29, 1.82) is 0 Å². The normalized spacial score (nSPS) is 29.1. The smallest absolute Gasteiger partial charge is 0.00924 e. The van der Waals surface area contributed by atoms with Crippen LogP contribution in [0.1, 0.15) is 52.9 Å². The van der Waals surface area contributed by atoms with Crippen LogP contribution in [0, 0.1) is 11.3 Å². The monoisotopic (exact) mass is 183 g/mol. The first-order valence-corrected chi connectivity index (χ1v) is 5.76. The summed E-state index contributed by atoms with van der Waals surface area (Å²) in [5.74, 6) is 0.931. The van der Waals surface area contributed by atoms with E-state index in [-0.39, 0.29) is 0 Å². The third-order valence-corrected chi connectivity index (χ3v) is 3.55. The van der Waals surface area contributed by atoms with Gasteiger partial charge in [0.1, 0.15) is 0 Å². The molecule has 0 amide bonds. The molecule has 0 radical (unpaired) electrons. The summed E-state index contributed by atoms with van der Waals surface area (Å²) in [5, 5.41) is 3.48. The highest BCUT2D eigenvalue weighted by Crippen LogP contribution is 2.42. The SMILES string of the molecule is CCCC(NC)C1CCC(C)(C)C1. The second-order valence-electron chi connectivity index (χ2n) is 5.35. The molecule has 0 aromatic heterocycles. The molecule has 0 heterocycles. The molecule has 1 fully saturated rings. The molecule has 1 heteroatoms. The predicted octanol–water partition coefficient (Wildman–Crippen LogP) is 3.20. The van der Waals surface area contributed by atoms with Gasteiger partial charge in [0, 0.05) is 6.04 Å². The van der Waals surface area contributed by atoms with E-state index in [2.05, 4.69) is 33.1 Å². The lowest BCUT2D eigenvalue weighted by molar-refractivity contribution is 0.309. The molecule has 1 aliphatic carbocycles. The minimum absolute atomic E-state index is 0.605. The van der Waals surface area contributed by atoms with E-state index in [4.69, 9.17) is 0 Å². The predicted molar refractivity (Wildman–Crippen MR) is 58.9 cm³/mol. The first-order valence-electron chi connectivity index (χ1n) is 5.76. The number of hydrogen-bond donors (Lipinski definition) is 1. The van der Waals surface area contributed by atoms with Crippen LogP contribution in [0.15, 0.2) is 0 Å². The Labute approximate surface area is 83.3 Å². The van der Waals surface area contributed by atoms with E-state index in [1.807, 2.05) is 0 Å². The Morgan fingerprint density at radius 2 is 2.15 bits per heavy atom. The number of hydrogen-bond acceptors (Lipinski definition) is 1. The molecule has 1 aliphatic rings. The van der Waals surface area contributed by atoms with Crippen molar-refractivity contribution < 1.29 is 0 Å². The molecule has 0 aliphatic heterocycles. The van der Waals surface area contributed by atoms with Crippen molar-refractivity contribution >= 4 is 0 Å². The Morgan fingerprint density at radius 1 is 1.46 bits per heavy atom. The highest BCUT2D eigenvalue weighted by Gasteiger charge is 2.34. The molecule has 78 valence electrons. The van der Waals surface area contributed by atoms with Gasteiger partial charge in [-0.2, -0.15) is 0 Å². The van der Waals surface area contributed by atoms with Crippen molar-refractivity contribution in [3.63, 3.8) is 0 Å². The molecular formula is C12H25N. The van der Waals surface area contributed by atoms with Gasteiger partial charge >= 0.3 is 0 Å². The van der Waals surface area contributed by atoms with E-state index in [0.717, 1.165) is 12.0 Å². The highest BCUT2D eigenvalue weighted by atomic mass is 14.9. The third-order valence-electron chi connectivity index (χ3n) is 3.55. The molecule has 1 saturated carbocycles. The molecule has 1 N–H and O–H groups in total. The molecule has 2 atom stereocenters. The average molecular weight is 183 g/mol. The fraction of sp³-hybridized carbons (Fsp3) is 1.00. The van der Waals surface area contributed by atoms with Crippen molar-refractivity contribution in [3.8, 4) is 0 Å². The van der Waals surface area contributed by atoms with Crippen molar-refractivity contribution in [3.05, 3.63) is 0 Å². The van der Waals surface area contributed by atoms with Gasteiger partial charge in [-0.1, -0.05) is 27.2 Å². The summed E-state index contributed by atoms with van der Waals surface area (Å²) in [6, 6.07) is 0.770. The van der Waals surface area contributed by atoms with E-state index in [9.17, 15) is 0 Å². The lowest BCUT2D eigenvalue weighted by atomic mass is 9.87. The van der Waals surface area contributed by atoms with Gasteiger partial charge in [0.05, 0.1) is 0 Å². The lowest BCUT2D eigenvalue weighted by Gasteiger charge is -2.24. The standard InChI is InChI=1S/C12H25N/c1-5-6-11(13-4)10-7-8-12(2,3)9-10/h10-11,13H,5-9H2,1-4H3. The third kappa shape index (κ3) is 2.98. The summed E-state index contributed by atoms with van der Waals surface area (Å²) in [5.41, 5.74) is 0.605. The molecule has 0 bridgehead atoms. The fourth-order valence-corrected chi connectivity index (χ4v) is 2.76. The van der Waals surface area contributed by atoms with Gasteiger partial charge in [0.2, 0.25) is 0 Å². The Hall–Kier alpha value is -0.0400. The summed E-state index contributed by atoms with van der Waals surface area (Å²) in [6.45, 7) is 7.10. The maximum atomic E-state index is 3.48. The topological polar surface area (TPSA) is 12.0 Å². The van der Waals surface area contributed by atoms with Crippen LogP contribution in [0.25, 0.3) is 0 Å². The zero-order valence-corrected chi connectivity index (χ0v) is 9.69. The summed E-state index contributed by atoms with van der Waals surface area (Å²) in [7, 11) is 2.12. The Bertz CT molecular complexity index is 151. The Morgan fingerprint density at radius 3 is 2.54 bits per heavy atom. The van der Waals surface area contributed by atoms with E-state index < -0.39 is 0 Å². The second-order valence-corrected chi connectivity index (χ2v) is 5.35. The number of nitrogens with one attached hydrogen (secondary N) is 1. The van der Waals surface area contributed by atoms with Crippen molar-refractivity contribution in [2.24, 2.45) is 11.3 Å². The van der Waals surface area contributed by atoms with E-state index in [1.54, 1.807) is 0 Å². The first kappa shape index (κ1) is 11.0. The van der Waals surface area contributed by atoms with Crippen molar-refractivity contribution in [2.75, 3.05) is 7.05 Å². The zero-order valence-electron chi connectivity index (χ0n) is 9.69. The van der Waals surface area contributed by atoms with E-state index in [1.165, 1.54) is 32.1 Å². The van der Waals surface area contributed by atoms with Crippen LogP contribution in [-0.4, -0.2) is 13.1 Å². The van der Waals surface area contributed by atoms with E-state index in [0.29, 0.717) is 5.41 Å². The van der Waals surface area contributed by atoms with Crippen LogP contribution in [0.2, 0.25) is 0 Å². The average Bonchev–Trinajstić information content (AvgIpc) is 2.42. The minimum Gasteiger partial charge on any atom is -0.317 e. The van der Waals surface area contributed by atoms with Crippen molar-refractivity contribution in [2.45, 2.75) is 58.9 Å². The highest BCUT2D eigenvalue weighted by molar-refractivity contribution is 4.88. The van der Waals surface area contributed by atoms with Gasteiger partial charge in [-0.05, 0) is 44.1 Å². The van der Waals surface area contributed by atoms with Crippen LogP contribution >= 0.6 is 0 Å². The fourth-order valence-electron chi connectivity index (χ4n) is 2.76. The summed E-state index contributed by atoms with van der Waals surface area (Å²) < 4.78 is 0. The van der Waals surface area contributed by atoms with Crippen LogP contribution in [-0.2, 0) is 0 Å². The summed E-state index contributed by atoms with van der Waals surface area (Å²) >= 11 is 0. The quantitative estimate of drug-likeness (QED) is 0.706. The molecule has 0 aromatic carbocycles. The Kier molecular flexibility index (Phi) is 3.78. The molecule has 0 aromatic rings. The molecule has 2 unspecified atom stereocenters. The van der Waals surface area contributed by atoms with Gasteiger partial charge in [-0.25, -0.2) is 0 Å². The summed E-state index contributed by atoms with van der Waals surface area (Å²) in [6.07, 6.45) is 6.91. The zero-order chi connectivity index (χ0) is 9.90. The van der Waals surface area contributed by atoms with Gasteiger partial charge in [0.25, 0.3) is 0 Å². The molecule has 0 spiro atoms. The van der Waals surface area contributed by atoms with Gasteiger partial charge in [0.15, 0.2) is 0 Å². The molecule has 1 rings (SSSR count). The maximum Gasteiger partial charge on any atom is 0.00924 e. The molecule has 13 heavy (non-hydrogen) atoms. The van der Waals surface area contributed by atoms with Gasteiger partial charge in [-0.15, -0.1) is 0 Å². The van der Waals surface area contributed by atoms with E-state index >= 15 is 0 Å². The van der Waals surface area contributed by atoms with Crippen LogP contribution in [0.5, 0.6) is 0 Å². The van der Waals surface area contributed by atoms with Crippen LogP contribution in [0.4, 0.5) is 0 Å². The first-order chi connectivity index (χ1) is 6.09. The van der Waals surface area contributed by atoms with Gasteiger partial charge in [-0.3, -0.25) is 0 Å². The van der Waals surface area contributed by atoms with Gasteiger partial charge < -0.3 is 5.32 Å². The molecular weight excluding hydrogens is 158 g/mol. The van der Waals surface area contributed by atoms with Crippen LogP contribution in [0.3, 0.4) is 0 Å². The minimum atomic E-state index is 0.605. The number of rotatable bonds is 4. The molecule has 0 saturated heterocycles. The lowest BCUT2D eigenvalue weighted by Crippen LogP contribution is -2.32. The second kappa shape index (κ2) is 4.45. The molecule has 1 nitrogen and oxygen atoms in total. The maximum absolute atomic E-state index is 3.48.